The Balaban J connectivity index is 1.58. The van der Waals surface area contributed by atoms with Gasteiger partial charge in [0.1, 0.15) is 16.9 Å². The molecule has 1 N–H and O–H groups in total. The SMILES string of the molecule is Cc1nc2c([nH]c3ccccc32)c(=O)n1N=CC1=C[C@H]2C[C@@H](C1)C2(C)C. The Labute approximate surface area is 151 Å². The molecule has 2 aromatic heterocycles. The Morgan fingerprint density at radius 2 is 2.15 bits per heavy atom. The van der Waals surface area contributed by atoms with Crippen LogP contribution >= 0.6 is 0 Å². The number of rotatable bonds is 2. The molecule has 3 aliphatic rings. The Kier molecular flexibility index (Phi) is 3.09. The summed E-state index contributed by atoms with van der Waals surface area (Å²) < 4.78 is 1.41. The summed E-state index contributed by atoms with van der Waals surface area (Å²) in [4.78, 5) is 20.8. The van der Waals surface area contributed by atoms with Crippen molar-refractivity contribution in [2.24, 2.45) is 22.4 Å². The molecule has 5 heteroatoms. The van der Waals surface area contributed by atoms with E-state index < -0.39 is 0 Å². The maximum Gasteiger partial charge on any atom is 0.298 e. The molecule has 1 fully saturated rings. The largest absolute Gasteiger partial charge is 0.349 e. The fourth-order valence-electron chi connectivity index (χ4n) is 4.52. The topological polar surface area (TPSA) is 63.0 Å². The van der Waals surface area contributed by atoms with Crippen LogP contribution in [0.25, 0.3) is 21.9 Å². The van der Waals surface area contributed by atoms with Gasteiger partial charge >= 0.3 is 0 Å². The highest BCUT2D eigenvalue weighted by Crippen LogP contribution is 2.57. The summed E-state index contributed by atoms with van der Waals surface area (Å²) in [7, 11) is 0. The van der Waals surface area contributed by atoms with E-state index in [2.05, 4.69) is 35.0 Å². The molecule has 2 atom stereocenters. The van der Waals surface area contributed by atoms with Crippen molar-refractivity contribution in [2.75, 3.05) is 0 Å². The molecule has 3 aromatic rings. The molecule has 0 saturated heterocycles. The van der Waals surface area contributed by atoms with Gasteiger partial charge in [0.15, 0.2) is 0 Å². The van der Waals surface area contributed by atoms with Crippen molar-refractivity contribution in [2.45, 2.75) is 33.6 Å². The maximum atomic E-state index is 12.9. The van der Waals surface area contributed by atoms with Gasteiger partial charge in [0.2, 0.25) is 0 Å². The zero-order chi connectivity index (χ0) is 18.1. The van der Waals surface area contributed by atoms with Crippen molar-refractivity contribution >= 4 is 28.2 Å². The van der Waals surface area contributed by atoms with Crippen LogP contribution in [0.5, 0.6) is 0 Å². The zero-order valence-electron chi connectivity index (χ0n) is 15.3. The second-order valence-electron chi connectivity index (χ2n) is 8.22. The third-order valence-corrected chi connectivity index (χ3v) is 6.45. The lowest BCUT2D eigenvalue weighted by Crippen LogP contribution is -2.46. The van der Waals surface area contributed by atoms with Gasteiger partial charge in [-0.2, -0.15) is 9.78 Å². The molecule has 6 rings (SSSR count). The lowest BCUT2D eigenvalue weighted by Gasteiger charge is -2.54. The van der Waals surface area contributed by atoms with Crippen LogP contribution in [0.4, 0.5) is 0 Å². The minimum absolute atomic E-state index is 0.151. The predicted molar refractivity (Wildman–Crippen MR) is 105 cm³/mol. The zero-order valence-corrected chi connectivity index (χ0v) is 15.3. The van der Waals surface area contributed by atoms with Gasteiger partial charge in [0.25, 0.3) is 5.56 Å². The average molecular weight is 346 g/mol. The number of allylic oxidation sites excluding steroid dienone is 2. The summed E-state index contributed by atoms with van der Waals surface area (Å²) in [6.07, 6.45) is 6.51. The molecule has 132 valence electrons. The number of H-pyrrole nitrogens is 1. The fraction of sp³-hybridized carbons (Fsp3) is 0.381. The van der Waals surface area contributed by atoms with Crippen molar-refractivity contribution in [1.29, 1.82) is 0 Å². The molecule has 0 unspecified atom stereocenters. The molecular weight excluding hydrogens is 324 g/mol. The maximum absolute atomic E-state index is 12.9. The van der Waals surface area contributed by atoms with Gasteiger partial charge in [-0.05, 0) is 48.7 Å². The van der Waals surface area contributed by atoms with Crippen LogP contribution in [0.1, 0.15) is 32.5 Å². The summed E-state index contributed by atoms with van der Waals surface area (Å²) in [5.74, 6) is 1.96. The summed E-state index contributed by atoms with van der Waals surface area (Å²) in [5, 5.41) is 5.45. The molecular formula is C21H22N4O. The molecule has 0 aliphatic heterocycles. The fourth-order valence-corrected chi connectivity index (χ4v) is 4.52. The highest BCUT2D eigenvalue weighted by atomic mass is 16.1. The predicted octanol–water partition coefficient (Wildman–Crippen LogP) is 4.01. The molecule has 1 aromatic carbocycles. The van der Waals surface area contributed by atoms with Crippen LogP contribution in [0, 0.1) is 24.2 Å². The molecule has 2 heterocycles. The number of hydrogen-bond donors (Lipinski definition) is 1. The summed E-state index contributed by atoms with van der Waals surface area (Å²) in [6, 6.07) is 7.84. The van der Waals surface area contributed by atoms with Gasteiger partial charge in [0.05, 0.1) is 6.21 Å². The van der Waals surface area contributed by atoms with Crippen molar-refractivity contribution in [3.63, 3.8) is 0 Å². The van der Waals surface area contributed by atoms with Gasteiger partial charge in [0, 0.05) is 10.9 Å². The average Bonchev–Trinajstić information content (AvgIpc) is 3.00. The number of nitrogens with zero attached hydrogens (tertiary/aromatic N) is 3. The molecule has 0 amide bonds. The molecule has 0 radical (unpaired) electrons. The standard InChI is InChI=1S/C21H22N4O/c1-12-23-18-16-6-4-5-7-17(16)24-19(18)20(26)25(12)22-11-13-8-14-10-15(9-13)21(14,2)3/h4-8,11,14-15,24H,9-10H2,1-3H3/t14-,15+/m0/s1. The van der Waals surface area contributed by atoms with Crippen molar-refractivity contribution in [1.82, 2.24) is 14.6 Å². The van der Waals surface area contributed by atoms with E-state index in [9.17, 15) is 4.79 Å². The first kappa shape index (κ1) is 15.6. The van der Waals surface area contributed by atoms with E-state index in [1.165, 1.54) is 16.7 Å². The third-order valence-electron chi connectivity index (χ3n) is 6.45. The van der Waals surface area contributed by atoms with Gasteiger partial charge in [-0.25, -0.2) is 4.98 Å². The minimum Gasteiger partial charge on any atom is -0.349 e. The number of para-hydroxylation sites is 1. The van der Waals surface area contributed by atoms with E-state index in [0.29, 0.717) is 22.7 Å². The van der Waals surface area contributed by atoms with Gasteiger partial charge in [-0.15, -0.1) is 0 Å². The van der Waals surface area contributed by atoms with Crippen LogP contribution in [-0.2, 0) is 0 Å². The van der Waals surface area contributed by atoms with Crippen LogP contribution in [0.3, 0.4) is 0 Å². The van der Waals surface area contributed by atoms with E-state index in [-0.39, 0.29) is 5.56 Å². The van der Waals surface area contributed by atoms with Crippen LogP contribution < -0.4 is 5.56 Å². The van der Waals surface area contributed by atoms with E-state index in [4.69, 9.17) is 0 Å². The lowest BCUT2D eigenvalue weighted by molar-refractivity contribution is 0.00130. The van der Waals surface area contributed by atoms with Gasteiger partial charge in [-0.1, -0.05) is 38.1 Å². The van der Waals surface area contributed by atoms with Crippen molar-refractivity contribution in [3.8, 4) is 0 Å². The summed E-state index contributed by atoms with van der Waals surface area (Å²) in [6.45, 7) is 6.52. The molecule has 2 bridgehead atoms. The number of fused-ring (bicyclic) bond motifs is 4. The molecule has 3 aliphatic carbocycles. The van der Waals surface area contributed by atoms with E-state index in [0.717, 1.165) is 28.8 Å². The Bertz CT molecular complexity index is 1160. The quantitative estimate of drug-likeness (QED) is 0.713. The number of aromatic amines is 1. The number of benzene rings is 1. The minimum atomic E-state index is -0.151. The number of aryl methyl sites for hydroxylation is 1. The molecule has 1 saturated carbocycles. The number of nitrogens with one attached hydrogen (secondary N) is 1. The second kappa shape index (κ2) is 5.16. The highest BCUT2D eigenvalue weighted by Gasteiger charge is 2.49. The van der Waals surface area contributed by atoms with Gasteiger partial charge in [-0.3, -0.25) is 4.79 Å². The number of hydrogen-bond acceptors (Lipinski definition) is 3. The highest BCUT2D eigenvalue weighted by molar-refractivity contribution is 6.04. The molecule has 0 spiro atoms. The molecule has 26 heavy (non-hydrogen) atoms. The third kappa shape index (κ3) is 2.06. The van der Waals surface area contributed by atoms with Crippen LogP contribution in [0.15, 0.2) is 45.8 Å². The van der Waals surface area contributed by atoms with Crippen molar-refractivity contribution in [3.05, 3.63) is 52.1 Å². The normalized spacial score (nSPS) is 24.2. The first-order valence-electron chi connectivity index (χ1n) is 9.20. The Morgan fingerprint density at radius 1 is 1.35 bits per heavy atom. The smallest absolute Gasteiger partial charge is 0.298 e. The van der Waals surface area contributed by atoms with E-state index in [1.807, 2.05) is 37.4 Å². The van der Waals surface area contributed by atoms with Crippen molar-refractivity contribution < 1.29 is 0 Å². The monoisotopic (exact) mass is 346 g/mol. The first-order valence-corrected chi connectivity index (χ1v) is 9.20. The Hall–Kier alpha value is -2.69. The van der Waals surface area contributed by atoms with Gasteiger partial charge < -0.3 is 4.98 Å². The van der Waals surface area contributed by atoms with Crippen LogP contribution in [0.2, 0.25) is 0 Å². The lowest BCUT2D eigenvalue weighted by atomic mass is 9.50. The summed E-state index contributed by atoms with van der Waals surface area (Å²) >= 11 is 0. The van der Waals surface area contributed by atoms with E-state index >= 15 is 0 Å². The van der Waals surface area contributed by atoms with E-state index in [1.54, 1.807) is 0 Å². The first-order chi connectivity index (χ1) is 12.4. The number of aromatic nitrogens is 3. The Morgan fingerprint density at radius 3 is 2.88 bits per heavy atom. The second-order valence-corrected chi connectivity index (χ2v) is 8.22. The van der Waals surface area contributed by atoms with Crippen LogP contribution in [-0.4, -0.2) is 20.9 Å². The molecule has 5 nitrogen and oxygen atoms in total. The summed E-state index contributed by atoms with van der Waals surface area (Å²) in [5.41, 5.74) is 3.64.